The summed E-state index contributed by atoms with van der Waals surface area (Å²) in [5.41, 5.74) is 1.15. The molecule has 0 aliphatic rings. The van der Waals surface area contributed by atoms with Gasteiger partial charge >= 0.3 is 0 Å². The van der Waals surface area contributed by atoms with E-state index in [9.17, 15) is 5.11 Å². The van der Waals surface area contributed by atoms with Crippen LogP contribution in [0.15, 0.2) is 23.8 Å². The molecule has 0 fully saturated rings. The van der Waals surface area contributed by atoms with Crippen LogP contribution in [0.2, 0.25) is 0 Å². The van der Waals surface area contributed by atoms with Crippen LogP contribution in [0.5, 0.6) is 0 Å². The number of rotatable bonds is 3. The Kier molecular flexibility index (Phi) is 3.70. The van der Waals surface area contributed by atoms with Gasteiger partial charge in [0, 0.05) is 9.75 Å². The minimum atomic E-state index is -0.421. The van der Waals surface area contributed by atoms with Crippen molar-refractivity contribution in [2.75, 3.05) is 0 Å². The van der Waals surface area contributed by atoms with Crippen LogP contribution in [0.3, 0.4) is 0 Å². The zero-order chi connectivity index (χ0) is 9.84. The normalized spacial score (nSPS) is 12.6. The second-order valence-corrected chi connectivity index (χ2v) is 4.55. The van der Waals surface area contributed by atoms with Crippen molar-refractivity contribution in [2.45, 2.75) is 33.3 Å². The average Bonchev–Trinajstić information content (AvgIpc) is 2.50. The third kappa shape index (κ3) is 2.98. The molecule has 1 nitrogen and oxygen atoms in total. The number of hydrogen-bond acceptors (Lipinski definition) is 2. The molecule has 13 heavy (non-hydrogen) atoms. The predicted octanol–water partition coefficient (Wildman–Crippen LogP) is 3.31. The summed E-state index contributed by atoms with van der Waals surface area (Å²) in [6.45, 7) is 6.12. The van der Waals surface area contributed by atoms with Crippen LogP contribution in [0.25, 0.3) is 0 Å². The van der Waals surface area contributed by atoms with Gasteiger partial charge in [-0.3, -0.25) is 0 Å². The van der Waals surface area contributed by atoms with E-state index in [-0.39, 0.29) is 0 Å². The topological polar surface area (TPSA) is 20.2 Å². The minimum Gasteiger partial charge on any atom is -0.383 e. The van der Waals surface area contributed by atoms with Crippen LogP contribution in [0.4, 0.5) is 0 Å². The smallest absolute Gasteiger partial charge is 0.107 e. The van der Waals surface area contributed by atoms with Crippen molar-refractivity contribution in [1.82, 2.24) is 0 Å². The largest absolute Gasteiger partial charge is 0.383 e. The highest BCUT2D eigenvalue weighted by Crippen LogP contribution is 2.25. The fraction of sp³-hybridized carbons (Fsp3) is 0.455. The second kappa shape index (κ2) is 4.58. The van der Waals surface area contributed by atoms with Gasteiger partial charge in [-0.2, -0.15) is 0 Å². The van der Waals surface area contributed by atoms with Gasteiger partial charge < -0.3 is 5.11 Å². The number of aliphatic hydroxyl groups excluding tert-OH is 1. The van der Waals surface area contributed by atoms with E-state index in [0.717, 1.165) is 16.9 Å². The van der Waals surface area contributed by atoms with Gasteiger partial charge in [0.1, 0.15) is 6.10 Å². The van der Waals surface area contributed by atoms with Crippen molar-refractivity contribution in [1.29, 1.82) is 0 Å². The maximum absolute atomic E-state index is 9.73. The Bertz CT molecular complexity index is 295. The van der Waals surface area contributed by atoms with Crippen molar-refractivity contribution in [2.24, 2.45) is 0 Å². The minimum absolute atomic E-state index is 0.421. The van der Waals surface area contributed by atoms with Crippen LogP contribution in [-0.4, -0.2) is 5.11 Å². The van der Waals surface area contributed by atoms with Gasteiger partial charge in [-0.1, -0.05) is 18.6 Å². The van der Waals surface area contributed by atoms with Gasteiger partial charge in [-0.15, -0.1) is 11.3 Å². The third-order valence-corrected chi connectivity index (χ3v) is 3.11. The highest BCUT2D eigenvalue weighted by Gasteiger charge is 2.06. The zero-order valence-electron chi connectivity index (χ0n) is 8.37. The molecule has 1 atom stereocenters. The van der Waals surface area contributed by atoms with Gasteiger partial charge in [0.15, 0.2) is 0 Å². The number of allylic oxidation sites excluding steroid dienone is 1. The first-order valence-corrected chi connectivity index (χ1v) is 5.36. The lowest BCUT2D eigenvalue weighted by Crippen LogP contribution is -1.88. The lowest BCUT2D eigenvalue weighted by atomic mass is 10.2. The molecule has 0 saturated heterocycles. The highest BCUT2D eigenvalue weighted by atomic mass is 32.1. The van der Waals surface area contributed by atoms with Crippen molar-refractivity contribution in [3.63, 3.8) is 0 Å². The average molecular weight is 196 g/mol. The molecule has 2 heteroatoms. The highest BCUT2D eigenvalue weighted by molar-refractivity contribution is 7.12. The molecule has 0 amide bonds. The maximum atomic E-state index is 9.73. The molecule has 1 heterocycles. The summed E-state index contributed by atoms with van der Waals surface area (Å²) in [5.74, 6) is 0. The number of hydrogen-bond donors (Lipinski definition) is 1. The molecule has 0 saturated carbocycles. The van der Waals surface area contributed by atoms with Crippen LogP contribution >= 0.6 is 11.3 Å². The molecule has 1 rings (SSSR count). The predicted molar refractivity (Wildman–Crippen MR) is 58.1 cm³/mol. The summed E-state index contributed by atoms with van der Waals surface area (Å²) in [4.78, 5) is 2.37. The summed E-state index contributed by atoms with van der Waals surface area (Å²) in [5, 5.41) is 9.73. The van der Waals surface area contributed by atoms with Gasteiger partial charge in [-0.05, 0) is 32.4 Å². The summed E-state index contributed by atoms with van der Waals surface area (Å²) >= 11 is 1.69. The molecule has 0 radical (unpaired) electrons. The van der Waals surface area contributed by atoms with E-state index in [0.29, 0.717) is 0 Å². The van der Waals surface area contributed by atoms with Crippen molar-refractivity contribution < 1.29 is 5.11 Å². The van der Waals surface area contributed by atoms with E-state index in [1.165, 1.54) is 4.88 Å². The molecular weight excluding hydrogens is 180 g/mol. The Morgan fingerprint density at radius 1 is 1.54 bits per heavy atom. The summed E-state index contributed by atoms with van der Waals surface area (Å²) in [6.07, 6.45) is 2.51. The molecule has 1 unspecified atom stereocenters. The molecular formula is C11H16OS. The molecule has 0 aliphatic heterocycles. The van der Waals surface area contributed by atoms with Gasteiger partial charge in [0.25, 0.3) is 0 Å². The summed E-state index contributed by atoms with van der Waals surface area (Å²) in [7, 11) is 0. The first-order chi connectivity index (χ1) is 6.13. The molecule has 0 aliphatic carbocycles. The number of aryl methyl sites for hydroxylation is 1. The van der Waals surface area contributed by atoms with Crippen molar-refractivity contribution in [3.8, 4) is 0 Å². The summed E-state index contributed by atoms with van der Waals surface area (Å²) in [6, 6.07) is 4.09. The molecule has 1 aromatic heterocycles. The van der Waals surface area contributed by atoms with Gasteiger partial charge in [0.05, 0.1) is 0 Å². The molecule has 0 bridgehead atoms. The zero-order valence-corrected chi connectivity index (χ0v) is 9.19. The lowest BCUT2D eigenvalue weighted by Gasteiger charge is -2.02. The summed E-state index contributed by atoms with van der Waals surface area (Å²) < 4.78 is 0. The number of thiophene rings is 1. The van der Waals surface area contributed by atoms with E-state index >= 15 is 0 Å². The van der Waals surface area contributed by atoms with Crippen LogP contribution in [0.1, 0.15) is 36.6 Å². The standard InChI is InChI=1S/C11H16OS/c1-4-9-5-6-11(13-9)10(12)7-8(2)3/h5-7,10,12H,4H2,1-3H3. The Hall–Kier alpha value is -0.600. The molecule has 72 valence electrons. The number of aliphatic hydroxyl groups is 1. The van der Waals surface area contributed by atoms with Crippen molar-refractivity contribution in [3.05, 3.63) is 33.5 Å². The molecule has 1 aromatic rings. The first kappa shape index (κ1) is 10.5. The van der Waals surface area contributed by atoms with E-state index < -0.39 is 6.10 Å². The third-order valence-electron chi connectivity index (χ3n) is 1.81. The van der Waals surface area contributed by atoms with E-state index in [1.54, 1.807) is 11.3 Å². The molecule has 1 N–H and O–H groups in total. The fourth-order valence-electron chi connectivity index (χ4n) is 1.14. The Morgan fingerprint density at radius 3 is 2.69 bits per heavy atom. The first-order valence-electron chi connectivity index (χ1n) is 4.55. The van der Waals surface area contributed by atoms with Crippen molar-refractivity contribution >= 4 is 11.3 Å². The second-order valence-electron chi connectivity index (χ2n) is 3.35. The monoisotopic (exact) mass is 196 g/mol. The van der Waals surface area contributed by atoms with E-state index in [1.807, 2.05) is 26.0 Å². The maximum Gasteiger partial charge on any atom is 0.107 e. The Morgan fingerprint density at radius 2 is 2.23 bits per heavy atom. The Balaban J connectivity index is 2.77. The Labute approximate surface area is 83.7 Å². The SMILES string of the molecule is CCc1ccc(C(O)C=C(C)C)s1. The van der Waals surface area contributed by atoms with Crippen LogP contribution in [-0.2, 0) is 6.42 Å². The van der Waals surface area contributed by atoms with Gasteiger partial charge in [0.2, 0.25) is 0 Å². The van der Waals surface area contributed by atoms with Crippen LogP contribution in [0, 0.1) is 0 Å². The molecule has 0 spiro atoms. The van der Waals surface area contributed by atoms with Crippen LogP contribution < -0.4 is 0 Å². The fourth-order valence-corrected chi connectivity index (χ4v) is 2.05. The van der Waals surface area contributed by atoms with E-state index in [4.69, 9.17) is 0 Å². The van der Waals surface area contributed by atoms with Gasteiger partial charge in [-0.25, -0.2) is 0 Å². The lowest BCUT2D eigenvalue weighted by molar-refractivity contribution is 0.231. The molecule has 0 aromatic carbocycles. The quantitative estimate of drug-likeness (QED) is 0.735. The van der Waals surface area contributed by atoms with E-state index in [2.05, 4.69) is 13.0 Å².